The monoisotopic (exact) mass is 1250 g/mol. The van der Waals surface area contributed by atoms with E-state index in [-0.39, 0.29) is 32.9 Å². The van der Waals surface area contributed by atoms with Gasteiger partial charge in [-0.15, -0.1) is 0 Å². The number of fused-ring (bicyclic) bond motifs is 5. The summed E-state index contributed by atoms with van der Waals surface area (Å²) < 4.78 is 91.1. The zero-order valence-electron chi connectivity index (χ0n) is 50.5. The molecule has 0 bridgehead atoms. The first-order valence-corrected chi connectivity index (χ1v) is 30.7. The molecule has 6 nitrogen and oxygen atoms in total. The fourth-order valence-electron chi connectivity index (χ4n) is 13.9. The van der Waals surface area contributed by atoms with Crippen molar-refractivity contribution in [2.45, 2.75) is 17.8 Å². The number of anilines is 9. The van der Waals surface area contributed by atoms with Crippen LogP contribution in [0.4, 0.5) is 77.5 Å². The van der Waals surface area contributed by atoms with Gasteiger partial charge in [-0.2, -0.15) is 36.9 Å². The number of rotatable bonds is 12. The van der Waals surface area contributed by atoms with Crippen LogP contribution in [-0.2, 0) is 17.8 Å². The molecule has 0 amide bonds. The molecule has 0 saturated carbocycles. The van der Waals surface area contributed by atoms with Gasteiger partial charge >= 0.3 is 12.4 Å². The highest BCUT2D eigenvalue weighted by Gasteiger charge is 2.48. The standard InChI is InChI=1S/C83H52F6N6/c84-82(85,86)59-39-43-76-70(47-59)71-48-60(83(87,88)89)40-44-77(71)95(76)80-72(68-37-21-19-23-55(68)53-90)49-67(50-73(80)69-38-22-20-24-56(69)54-91)94-78-45-41-65(92(61-29-11-3-12-30-61)62-31-13-4-14-32-62)51-74(78)81(57-25-7-1-8-26-57,58-27-9-2-10-28-58)75-52-66(42-46-79(75)94)93(63-33-15-5-16-34-63)64-35-17-6-18-36-64/h1-52H. The predicted molar refractivity (Wildman–Crippen MR) is 367 cm³/mol. The van der Waals surface area contributed by atoms with Gasteiger partial charge in [0.05, 0.1) is 67.9 Å². The van der Waals surface area contributed by atoms with E-state index >= 15 is 0 Å². The Balaban J connectivity index is 1.13. The van der Waals surface area contributed by atoms with Crippen molar-refractivity contribution in [3.8, 4) is 40.1 Å². The largest absolute Gasteiger partial charge is 0.416 e. The number of alkyl halides is 6. The van der Waals surface area contributed by atoms with Gasteiger partial charge in [0, 0.05) is 72.8 Å². The van der Waals surface area contributed by atoms with Crippen molar-refractivity contribution >= 4 is 73.0 Å². The second kappa shape index (κ2) is 23.7. The van der Waals surface area contributed by atoms with Crippen molar-refractivity contribution in [3.63, 3.8) is 0 Å². The first-order valence-electron chi connectivity index (χ1n) is 30.7. The highest BCUT2D eigenvalue weighted by Crippen LogP contribution is 2.61. The summed E-state index contributed by atoms with van der Waals surface area (Å²) in [5.74, 6) is 0. The summed E-state index contributed by atoms with van der Waals surface area (Å²) in [4.78, 5) is 6.66. The molecule has 0 fully saturated rings. The van der Waals surface area contributed by atoms with Crippen LogP contribution in [-0.4, -0.2) is 4.57 Å². The molecule has 0 aliphatic carbocycles. The Morgan fingerprint density at radius 3 is 1.01 bits per heavy atom. The fraction of sp³-hybridized carbons (Fsp3) is 0.0361. The lowest BCUT2D eigenvalue weighted by atomic mass is 9.62. The maximum atomic E-state index is 14.9. The van der Waals surface area contributed by atoms with E-state index < -0.39 is 28.9 Å². The smallest absolute Gasteiger partial charge is 0.310 e. The van der Waals surface area contributed by atoms with Crippen LogP contribution in [0.2, 0.25) is 0 Å². The number of hydrogen-bond acceptors (Lipinski definition) is 5. The van der Waals surface area contributed by atoms with E-state index in [1.807, 2.05) is 97.1 Å². The molecule has 14 aromatic rings. The van der Waals surface area contributed by atoms with E-state index in [1.165, 1.54) is 12.1 Å². The fourth-order valence-corrected chi connectivity index (χ4v) is 13.9. The molecule has 0 spiro atoms. The molecule has 0 unspecified atom stereocenters. The molecule has 0 radical (unpaired) electrons. The van der Waals surface area contributed by atoms with Crippen LogP contribution >= 0.6 is 0 Å². The third-order valence-electron chi connectivity index (χ3n) is 17.9. The number of halogens is 6. The molecule has 15 rings (SSSR count). The molecule has 1 aliphatic heterocycles. The van der Waals surface area contributed by atoms with Gasteiger partial charge < -0.3 is 19.3 Å². The van der Waals surface area contributed by atoms with Crippen molar-refractivity contribution in [1.29, 1.82) is 10.5 Å². The predicted octanol–water partition coefficient (Wildman–Crippen LogP) is 23.0. The minimum Gasteiger partial charge on any atom is -0.310 e. The van der Waals surface area contributed by atoms with Gasteiger partial charge in [-0.25, -0.2) is 0 Å². The molecule has 0 N–H and O–H groups in total. The third-order valence-corrected chi connectivity index (χ3v) is 17.9. The minimum atomic E-state index is -4.86. The number of nitrogens with zero attached hydrogens (tertiary/aromatic N) is 6. The second-order valence-corrected chi connectivity index (χ2v) is 23.2. The number of aromatic nitrogens is 1. The quantitative estimate of drug-likeness (QED) is 0.114. The van der Waals surface area contributed by atoms with Gasteiger partial charge in [-0.3, -0.25) is 0 Å². The van der Waals surface area contributed by atoms with E-state index in [1.54, 1.807) is 53.1 Å². The zero-order chi connectivity index (χ0) is 65.0. The van der Waals surface area contributed by atoms with Crippen LogP contribution in [0, 0.1) is 22.7 Å². The van der Waals surface area contributed by atoms with E-state index in [4.69, 9.17) is 0 Å². The number of benzene rings is 13. The summed E-state index contributed by atoms with van der Waals surface area (Å²) in [7, 11) is 0. The lowest BCUT2D eigenvalue weighted by Gasteiger charge is -2.47. The summed E-state index contributed by atoms with van der Waals surface area (Å²) in [6, 6.07) is 103. The van der Waals surface area contributed by atoms with Crippen LogP contribution < -0.4 is 14.7 Å². The van der Waals surface area contributed by atoms with Crippen LogP contribution in [0.5, 0.6) is 0 Å². The topological polar surface area (TPSA) is 62.2 Å². The molecular formula is C83H52F6N6. The van der Waals surface area contributed by atoms with Crippen molar-refractivity contribution in [3.05, 3.63) is 360 Å². The second-order valence-electron chi connectivity index (χ2n) is 23.2. The minimum absolute atomic E-state index is 0.0900. The average molecular weight is 1250 g/mol. The van der Waals surface area contributed by atoms with E-state index in [9.17, 15) is 36.9 Å². The maximum Gasteiger partial charge on any atom is 0.416 e. The Morgan fingerprint density at radius 1 is 0.326 bits per heavy atom. The lowest BCUT2D eigenvalue weighted by Crippen LogP contribution is -2.38. The van der Waals surface area contributed by atoms with Crippen molar-refractivity contribution in [2.75, 3.05) is 14.7 Å². The third kappa shape index (κ3) is 10.2. The summed E-state index contributed by atoms with van der Waals surface area (Å²) in [6.07, 6.45) is -9.72. The first kappa shape index (κ1) is 59.0. The van der Waals surface area contributed by atoms with Gasteiger partial charge in [-0.1, -0.05) is 170 Å². The highest BCUT2D eigenvalue weighted by molar-refractivity contribution is 6.12. The molecule has 95 heavy (non-hydrogen) atoms. The molecule has 0 atom stereocenters. The van der Waals surface area contributed by atoms with Crippen LogP contribution in [0.15, 0.2) is 315 Å². The number of para-hydroxylation sites is 4. The Morgan fingerprint density at radius 2 is 0.663 bits per heavy atom. The number of hydrogen-bond donors (Lipinski definition) is 0. The van der Waals surface area contributed by atoms with Gasteiger partial charge in [-0.05, 0) is 168 Å². The normalized spacial score (nSPS) is 12.6. The highest BCUT2D eigenvalue weighted by atomic mass is 19.4. The number of nitriles is 2. The molecule has 12 heteroatoms. The summed E-state index contributed by atoms with van der Waals surface area (Å²) >= 11 is 0. The van der Waals surface area contributed by atoms with Gasteiger partial charge in [0.1, 0.15) is 0 Å². The molecular weight excluding hydrogens is 1190 g/mol. The maximum absolute atomic E-state index is 14.9. The van der Waals surface area contributed by atoms with Crippen LogP contribution in [0.1, 0.15) is 44.5 Å². The molecule has 1 aliphatic rings. The molecule has 1 aromatic heterocycles. The zero-order valence-corrected chi connectivity index (χ0v) is 50.5. The average Bonchev–Trinajstić information content (AvgIpc) is 0.852. The Kier molecular flexibility index (Phi) is 14.7. The Labute approximate surface area is 544 Å². The molecule has 456 valence electrons. The van der Waals surface area contributed by atoms with Crippen LogP contribution in [0.25, 0.3) is 49.7 Å². The summed E-state index contributed by atoms with van der Waals surface area (Å²) in [5.41, 5.74) is 10.4. The molecule has 2 heterocycles. The van der Waals surface area contributed by atoms with Crippen molar-refractivity contribution in [2.24, 2.45) is 0 Å². The molecule has 13 aromatic carbocycles. The summed E-state index contributed by atoms with van der Waals surface area (Å²) in [5, 5.41) is 22.3. The van der Waals surface area contributed by atoms with E-state index in [0.29, 0.717) is 33.6 Å². The lowest BCUT2D eigenvalue weighted by molar-refractivity contribution is -0.138. The van der Waals surface area contributed by atoms with Crippen molar-refractivity contribution in [1.82, 2.24) is 4.57 Å². The Hall–Kier alpha value is -12.4. The van der Waals surface area contributed by atoms with Crippen LogP contribution in [0.3, 0.4) is 0 Å². The molecule has 0 saturated heterocycles. The van der Waals surface area contributed by atoms with E-state index in [2.05, 4.69) is 160 Å². The van der Waals surface area contributed by atoms with Gasteiger partial charge in [0.15, 0.2) is 0 Å². The van der Waals surface area contributed by atoms with Gasteiger partial charge in [0.25, 0.3) is 0 Å². The Bertz CT molecular complexity index is 4910. The summed E-state index contributed by atoms with van der Waals surface area (Å²) in [6.45, 7) is 0. The van der Waals surface area contributed by atoms with Gasteiger partial charge in [0.2, 0.25) is 0 Å². The van der Waals surface area contributed by atoms with Crippen molar-refractivity contribution < 1.29 is 26.3 Å². The first-order chi connectivity index (χ1) is 46.3. The van der Waals surface area contributed by atoms with E-state index in [0.717, 1.165) is 92.0 Å². The SMILES string of the molecule is N#Cc1ccccc1-c1cc(N2c3ccc(N(c4ccccc4)c4ccccc4)cc3C(c3ccccc3)(c3ccccc3)c3cc(N(c4ccccc4)c4ccccc4)ccc32)cc(-c2ccccc2C#N)c1-n1c2ccc(C(F)(F)F)cc2c2cc(C(F)(F)F)ccc21.